The molecule has 0 unspecified atom stereocenters. The first-order valence-corrected chi connectivity index (χ1v) is 11.3. The molecule has 1 aromatic carbocycles. The highest BCUT2D eigenvalue weighted by Crippen LogP contribution is 2.31. The van der Waals surface area contributed by atoms with E-state index in [1.807, 2.05) is 4.90 Å². The lowest BCUT2D eigenvalue weighted by Gasteiger charge is -2.23. The molecule has 0 spiro atoms. The Bertz CT molecular complexity index is 799. The Kier molecular flexibility index (Phi) is 8.59. The third-order valence-electron chi connectivity index (χ3n) is 5.50. The number of rotatable bonds is 10. The molecule has 2 N–H and O–H groups in total. The largest absolute Gasteiger partial charge is 0.395 e. The van der Waals surface area contributed by atoms with E-state index in [1.54, 1.807) is 0 Å². The number of hydrogen-bond donors (Lipinski definition) is 3. The van der Waals surface area contributed by atoms with Crippen molar-refractivity contribution in [1.82, 2.24) is 0 Å². The van der Waals surface area contributed by atoms with Gasteiger partial charge in [-0.1, -0.05) is 18.2 Å². The lowest BCUT2D eigenvalue weighted by molar-refractivity contribution is -0.697. The van der Waals surface area contributed by atoms with E-state index in [1.165, 1.54) is 35.1 Å². The molecule has 156 valence electrons. The summed E-state index contributed by atoms with van der Waals surface area (Å²) in [6.07, 6.45) is 12.6. The van der Waals surface area contributed by atoms with Crippen molar-refractivity contribution in [2.45, 2.75) is 38.6 Å². The number of aliphatic hydroxyl groups is 2. The lowest BCUT2D eigenvalue weighted by atomic mass is 9.87. The summed E-state index contributed by atoms with van der Waals surface area (Å²) >= 11 is 4.30. The topological polar surface area (TPSA) is 47.6 Å². The van der Waals surface area contributed by atoms with E-state index in [0.717, 1.165) is 37.2 Å². The Morgan fingerprint density at radius 3 is 2.45 bits per heavy atom. The molecule has 1 aliphatic carbocycles. The zero-order chi connectivity index (χ0) is 20.5. The highest BCUT2D eigenvalue weighted by molar-refractivity contribution is 7.80. The molecule has 1 aromatic heterocycles. The summed E-state index contributed by atoms with van der Waals surface area (Å²) in [5.74, 6) is 0.953. The Labute approximate surface area is 179 Å². The number of hydrogen-bond acceptors (Lipinski definition) is 4. The van der Waals surface area contributed by atoms with Crippen molar-refractivity contribution in [3.8, 4) is 0 Å². The Morgan fingerprint density at radius 2 is 1.76 bits per heavy atom. The monoisotopic (exact) mass is 413 g/mol. The van der Waals surface area contributed by atoms with Crippen molar-refractivity contribution >= 4 is 30.0 Å². The van der Waals surface area contributed by atoms with E-state index in [0.29, 0.717) is 13.1 Å². The molecule has 29 heavy (non-hydrogen) atoms. The predicted octanol–water partition coefficient (Wildman–Crippen LogP) is 3.35. The molecule has 0 saturated carbocycles. The maximum absolute atomic E-state index is 9.23. The van der Waals surface area contributed by atoms with Crippen LogP contribution >= 0.6 is 12.6 Å². The Balaban J connectivity index is 1.76. The number of anilines is 1. The number of allylic oxidation sites excluding steroid dienone is 1. The normalized spacial score (nSPS) is 14.8. The summed E-state index contributed by atoms with van der Waals surface area (Å²) in [5, 5.41) is 18.5. The molecule has 4 nitrogen and oxygen atoms in total. The fourth-order valence-electron chi connectivity index (χ4n) is 4.00. The zero-order valence-electron chi connectivity index (χ0n) is 17.1. The summed E-state index contributed by atoms with van der Waals surface area (Å²) in [4.78, 5) is 2.00. The summed E-state index contributed by atoms with van der Waals surface area (Å²) in [5.41, 5.74) is 6.46. The van der Waals surface area contributed by atoms with Crippen LogP contribution < -0.4 is 9.47 Å². The molecule has 2 aromatic rings. The number of nitrogens with zero attached hydrogens (tertiary/aromatic N) is 2. The molecule has 5 heteroatoms. The third-order valence-corrected chi connectivity index (χ3v) is 5.82. The van der Waals surface area contributed by atoms with Crippen molar-refractivity contribution in [2.75, 3.05) is 37.0 Å². The van der Waals surface area contributed by atoms with E-state index in [2.05, 4.69) is 66.0 Å². The van der Waals surface area contributed by atoms with Crippen LogP contribution in [0.25, 0.3) is 11.6 Å². The van der Waals surface area contributed by atoms with Crippen LogP contribution in [0.2, 0.25) is 0 Å². The molecule has 0 amide bonds. The number of aryl methyl sites for hydroxylation is 2. The van der Waals surface area contributed by atoms with Gasteiger partial charge in [0.25, 0.3) is 0 Å². The molecular weight excluding hydrogens is 380 g/mol. The first-order valence-electron chi connectivity index (χ1n) is 10.7. The number of aromatic nitrogens is 1. The van der Waals surface area contributed by atoms with Gasteiger partial charge in [0.1, 0.15) is 6.54 Å². The second-order valence-electron chi connectivity index (χ2n) is 7.60. The number of benzene rings is 1. The fraction of sp³-hybridized carbons (Fsp3) is 0.458. The van der Waals surface area contributed by atoms with Crippen LogP contribution in [0.3, 0.4) is 0 Å². The van der Waals surface area contributed by atoms with Crippen LogP contribution in [0.5, 0.6) is 0 Å². The van der Waals surface area contributed by atoms with Gasteiger partial charge in [0.05, 0.1) is 13.2 Å². The molecule has 1 aliphatic rings. The maximum Gasteiger partial charge on any atom is 0.172 e. The Hall–Kier alpha value is -1.82. The number of pyridine rings is 1. The Morgan fingerprint density at radius 1 is 1.00 bits per heavy atom. The molecule has 0 radical (unpaired) electrons. The molecule has 0 fully saturated rings. The number of unbranched alkanes of at least 4 members (excludes halogenated alkanes) is 1. The van der Waals surface area contributed by atoms with Crippen molar-refractivity contribution in [3.63, 3.8) is 0 Å². The standard InChI is InChI=1S/C24H32N2O2S/c27-15-13-26(14-16-28)23-8-6-20(7-9-23)18-21-4-3-5-22-19-25(11-1-2-17-29)12-10-24(21)22/h6-10,12,18-19,27-28H,1-5,11,13-17H2/p+1. The quantitative estimate of drug-likeness (QED) is 0.318. The minimum absolute atomic E-state index is 0.0806. The van der Waals surface area contributed by atoms with Gasteiger partial charge < -0.3 is 15.1 Å². The van der Waals surface area contributed by atoms with Gasteiger partial charge in [0, 0.05) is 36.8 Å². The fourth-order valence-corrected chi connectivity index (χ4v) is 4.22. The molecule has 0 aliphatic heterocycles. The van der Waals surface area contributed by atoms with Crippen molar-refractivity contribution in [3.05, 3.63) is 59.4 Å². The average molecular weight is 414 g/mol. The van der Waals surface area contributed by atoms with E-state index < -0.39 is 0 Å². The highest BCUT2D eigenvalue weighted by Gasteiger charge is 2.17. The highest BCUT2D eigenvalue weighted by atomic mass is 32.1. The van der Waals surface area contributed by atoms with Crippen LogP contribution in [0, 0.1) is 0 Å². The van der Waals surface area contributed by atoms with Gasteiger partial charge in [-0.05, 0) is 60.3 Å². The first kappa shape index (κ1) is 21.9. The van der Waals surface area contributed by atoms with Gasteiger partial charge in [0.15, 0.2) is 12.4 Å². The van der Waals surface area contributed by atoms with Crippen LogP contribution in [0.1, 0.15) is 42.4 Å². The van der Waals surface area contributed by atoms with Crippen LogP contribution in [0.15, 0.2) is 42.7 Å². The maximum atomic E-state index is 9.23. The number of aliphatic hydroxyl groups excluding tert-OH is 2. The SMILES string of the molecule is OCCN(CCO)c1ccc(C=C2CCCc3c[n+](CCCCS)ccc32)cc1. The number of thiol groups is 1. The predicted molar refractivity (Wildman–Crippen MR) is 123 cm³/mol. The van der Waals surface area contributed by atoms with E-state index in [-0.39, 0.29) is 13.2 Å². The summed E-state index contributed by atoms with van der Waals surface area (Å²) in [6.45, 7) is 2.28. The minimum atomic E-state index is 0.0806. The van der Waals surface area contributed by atoms with Crippen molar-refractivity contribution < 1.29 is 14.8 Å². The molecule has 0 atom stereocenters. The van der Waals surface area contributed by atoms with E-state index in [4.69, 9.17) is 0 Å². The van der Waals surface area contributed by atoms with E-state index in [9.17, 15) is 10.2 Å². The van der Waals surface area contributed by atoms with Crippen LogP contribution in [0.4, 0.5) is 5.69 Å². The summed E-state index contributed by atoms with van der Waals surface area (Å²) < 4.78 is 2.32. The summed E-state index contributed by atoms with van der Waals surface area (Å²) in [6, 6.07) is 10.7. The third kappa shape index (κ3) is 6.08. The van der Waals surface area contributed by atoms with Gasteiger partial charge >= 0.3 is 0 Å². The first-order chi connectivity index (χ1) is 14.2. The van der Waals surface area contributed by atoms with Gasteiger partial charge in [0.2, 0.25) is 0 Å². The summed E-state index contributed by atoms with van der Waals surface area (Å²) in [7, 11) is 0. The van der Waals surface area contributed by atoms with Crippen LogP contribution in [-0.2, 0) is 13.0 Å². The smallest absolute Gasteiger partial charge is 0.172 e. The molecular formula is C24H33N2O2S+. The van der Waals surface area contributed by atoms with Crippen molar-refractivity contribution in [2.24, 2.45) is 0 Å². The van der Waals surface area contributed by atoms with Gasteiger partial charge in [-0.25, -0.2) is 4.57 Å². The molecule has 3 rings (SSSR count). The van der Waals surface area contributed by atoms with Gasteiger partial charge in [-0.3, -0.25) is 0 Å². The van der Waals surface area contributed by atoms with Gasteiger partial charge in [-0.15, -0.1) is 0 Å². The van der Waals surface area contributed by atoms with Gasteiger partial charge in [-0.2, -0.15) is 12.6 Å². The minimum Gasteiger partial charge on any atom is -0.395 e. The second-order valence-corrected chi connectivity index (χ2v) is 8.05. The van der Waals surface area contributed by atoms with Crippen molar-refractivity contribution in [1.29, 1.82) is 0 Å². The molecule has 0 saturated heterocycles. The average Bonchev–Trinajstić information content (AvgIpc) is 2.74. The number of fused-ring (bicyclic) bond motifs is 1. The van der Waals surface area contributed by atoms with Crippen LogP contribution in [-0.4, -0.2) is 42.3 Å². The zero-order valence-corrected chi connectivity index (χ0v) is 18.0. The molecule has 0 bridgehead atoms. The lowest BCUT2D eigenvalue weighted by Crippen LogP contribution is -2.34. The molecule has 1 heterocycles. The second kappa shape index (κ2) is 11.4. The van der Waals surface area contributed by atoms with E-state index >= 15 is 0 Å².